The van der Waals surface area contributed by atoms with E-state index in [2.05, 4.69) is 42.6 Å². The monoisotopic (exact) mass is 302 g/mol. The molecule has 1 N–H and O–H groups in total. The van der Waals surface area contributed by atoms with Gasteiger partial charge in [-0.3, -0.25) is 0 Å². The number of unbranched alkanes of at least 4 members (excludes halogenated alkanes) is 2. The standard InChI is InChI=1S/C19H30N2O/c1-3-4-8-14-20-19(22)21(2)18-13-9-12-17(15-18)16-10-6-5-7-11-16/h5-7,10-11,17-18H,3-4,8-9,12-15H2,1-2H3,(H,20,22). The smallest absolute Gasteiger partial charge is 0.317 e. The number of carbonyl (C=O) groups excluding carboxylic acids is 1. The van der Waals surface area contributed by atoms with E-state index in [-0.39, 0.29) is 6.03 Å². The van der Waals surface area contributed by atoms with Crippen molar-refractivity contribution in [1.29, 1.82) is 0 Å². The third-order valence-corrected chi connectivity index (χ3v) is 4.84. The Labute approximate surface area is 135 Å². The molecule has 1 aromatic rings. The molecule has 0 radical (unpaired) electrons. The number of benzene rings is 1. The SMILES string of the molecule is CCCCCNC(=O)N(C)C1CCCC(c2ccccc2)C1. The summed E-state index contributed by atoms with van der Waals surface area (Å²) in [5, 5.41) is 3.06. The molecule has 2 rings (SSSR count). The Morgan fingerprint density at radius 3 is 2.73 bits per heavy atom. The predicted molar refractivity (Wildman–Crippen MR) is 92.1 cm³/mol. The zero-order chi connectivity index (χ0) is 15.8. The van der Waals surface area contributed by atoms with E-state index in [9.17, 15) is 4.79 Å². The minimum Gasteiger partial charge on any atom is -0.338 e. The lowest BCUT2D eigenvalue weighted by atomic mass is 9.81. The average Bonchev–Trinajstić information content (AvgIpc) is 2.59. The molecule has 1 fully saturated rings. The highest BCUT2D eigenvalue weighted by Crippen LogP contribution is 2.34. The van der Waals surface area contributed by atoms with E-state index in [1.807, 2.05) is 11.9 Å². The fourth-order valence-electron chi connectivity index (χ4n) is 3.40. The van der Waals surface area contributed by atoms with Crippen LogP contribution in [0.25, 0.3) is 0 Å². The number of hydrogen-bond donors (Lipinski definition) is 1. The van der Waals surface area contributed by atoms with E-state index < -0.39 is 0 Å². The number of carbonyl (C=O) groups is 1. The maximum absolute atomic E-state index is 12.3. The van der Waals surface area contributed by atoms with Gasteiger partial charge in [0.25, 0.3) is 0 Å². The number of hydrogen-bond acceptors (Lipinski definition) is 1. The van der Waals surface area contributed by atoms with Gasteiger partial charge in [-0.2, -0.15) is 0 Å². The van der Waals surface area contributed by atoms with Crippen molar-refractivity contribution >= 4 is 6.03 Å². The number of nitrogens with zero attached hydrogens (tertiary/aromatic N) is 1. The highest BCUT2D eigenvalue weighted by Gasteiger charge is 2.27. The molecule has 2 atom stereocenters. The molecule has 1 saturated carbocycles. The fraction of sp³-hybridized carbons (Fsp3) is 0.632. The van der Waals surface area contributed by atoms with Gasteiger partial charge in [-0.05, 0) is 37.2 Å². The highest BCUT2D eigenvalue weighted by molar-refractivity contribution is 5.74. The largest absolute Gasteiger partial charge is 0.338 e. The van der Waals surface area contributed by atoms with E-state index in [1.165, 1.54) is 31.2 Å². The van der Waals surface area contributed by atoms with Crippen molar-refractivity contribution < 1.29 is 4.79 Å². The van der Waals surface area contributed by atoms with Crippen LogP contribution in [0.5, 0.6) is 0 Å². The minimum atomic E-state index is 0.0924. The lowest BCUT2D eigenvalue weighted by Gasteiger charge is -2.35. The zero-order valence-corrected chi connectivity index (χ0v) is 14.1. The first-order valence-corrected chi connectivity index (χ1v) is 8.78. The number of nitrogens with one attached hydrogen (secondary N) is 1. The molecule has 0 bridgehead atoms. The Hall–Kier alpha value is -1.51. The predicted octanol–water partition coefficient (Wildman–Crippen LogP) is 4.54. The van der Waals surface area contributed by atoms with Crippen LogP contribution in [0.1, 0.15) is 63.4 Å². The van der Waals surface area contributed by atoms with Crippen LogP contribution in [0.15, 0.2) is 30.3 Å². The number of amides is 2. The second-order valence-corrected chi connectivity index (χ2v) is 6.48. The molecule has 0 heterocycles. The van der Waals surface area contributed by atoms with E-state index in [4.69, 9.17) is 0 Å². The first-order valence-electron chi connectivity index (χ1n) is 8.78. The van der Waals surface area contributed by atoms with Gasteiger partial charge in [-0.25, -0.2) is 4.79 Å². The first-order chi connectivity index (χ1) is 10.7. The molecule has 2 unspecified atom stereocenters. The van der Waals surface area contributed by atoms with Crippen LogP contribution >= 0.6 is 0 Å². The summed E-state index contributed by atoms with van der Waals surface area (Å²) in [6, 6.07) is 11.2. The van der Waals surface area contributed by atoms with E-state index >= 15 is 0 Å². The van der Waals surface area contributed by atoms with E-state index in [1.54, 1.807) is 0 Å². The Morgan fingerprint density at radius 1 is 1.23 bits per heavy atom. The topological polar surface area (TPSA) is 32.3 Å². The normalized spacial score (nSPS) is 21.4. The van der Waals surface area contributed by atoms with Crippen molar-refractivity contribution in [2.24, 2.45) is 0 Å². The van der Waals surface area contributed by atoms with Crippen molar-refractivity contribution in [1.82, 2.24) is 10.2 Å². The molecule has 1 aliphatic carbocycles. The van der Waals surface area contributed by atoms with Gasteiger partial charge in [-0.15, -0.1) is 0 Å². The molecule has 22 heavy (non-hydrogen) atoms. The molecule has 122 valence electrons. The second kappa shape index (κ2) is 8.82. The van der Waals surface area contributed by atoms with Crippen LogP contribution in [0.2, 0.25) is 0 Å². The van der Waals surface area contributed by atoms with Gasteiger partial charge in [-0.1, -0.05) is 56.5 Å². The summed E-state index contributed by atoms with van der Waals surface area (Å²) in [6.07, 6.45) is 8.11. The summed E-state index contributed by atoms with van der Waals surface area (Å²) in [5.41, 5.74) is 1.42. The van der Waals surface area contributed by atoms with Gasteiger partial charge in [0.2, 0.25) is 0 Å². The number of rotatable bonds is 6. The second-order valence-electron chi connectivity index (χ2n) is 6.48. The van der Waals surface area contributed by atoms with Crippen molar-refractivity contribution in [2.75, 3.05) is 13.6 Å². The minimum absolute atomic E-state index is 0.0924. The van der Waals surface area contributed by atoms with Crippen molar-refractivity contribution in [3.8, 4) is 0 Å². The van der Waals surface area contributed by atoms with Crippen LogP contribution in [0.3, 0.4) is 0 Å². The van der Waals surface area contributed by atoms with Crippen LogP contribution in [0, 0.1) is 0 Å². The van der Waals surface area contributed by atoms with Gasteiger partial charge >= 0.3 is 6.03 Å². The maximum atomic E-state index is 12.3. The van der Waals surface area contributed by atoms with Crippen molar-refractivity contribution in [3.63, 3.8) is 0 Å². The molecule has 0 spiro atoms. The summed E-state index contributed by atoms with van der Waals surface area (Å²) in [7, 11) is 1.95. The molecule has 3 heteroatoms. The van der Waals surface area contributed by atoms with Gasteiger partial charge in [0.15, 0.2) is 0 Å². The third kappa shape index (κ3) is 4.75. The summed E-state index contributed by atoms with van der Waals surface area (Å²) < 4.78 is 0. The number of urea groups is 1. The quantitative estimate of drug-likeness (QED) is 0.768. The Bertz CT molecular complexity index is 446. The van der Waals surface area contributed by atoms with Gasteiger partial charge in [0.1, 0.15) is 0 Å². The van der Waals surface area contributed by atoms with E-state index in [0.717, 1.165) is 25.8 Å². The van der Waals surface area contributed by atoms with Gasteiger partial charge in [0.05, 0.1) is 0 Å². The Kier molecular flexibility index (Phi) is 6.75. The molecule has 0 aliphatic heterocycles. The van der Waals surface area contributed by atoms with Gasteiger partial charge < -0.3 is 10.2 Å². The van der Waals surface area contributed by atoms with Crippen LogP contribution in [-0.2, 0) is 0 Å². The molecule has 0 saturated heterocycles. The van der Waals surface area contributed by atoms with E-state index in [0.29, 0.717) is 12.0 Å². The zero-order valence-electron chi connectivity index (χ0n) is 14.1. The molecule has 2 amide bonds. The molecule has 0 aromatic heterocycles. The Balaban J connectivity index is 1.84. The maximum Gasteiger partial charge on any atom is 0.317 e. The van der Waals surface area contributed by atoms with Crippen LogP contribution < -0.4 is 5.32 Å². The lowest BCUT2D eigenvalue weighted by molar-refractivity contribution is 0.168. The van der Waals surface area contributed by atoms with Crippen molar-refractivity contribution in [3.05, 3.63) is 35.9 Å². The summed E-state index contributed by atoms with van der Waals surface area (Å²) in [4.78, 5) is 14.2. The Morgan fingerprint density at radius 2 is 2.00 bits per heavy atom. The molecule has 1 aromatic carbocycles. The average molecular weight is 302 g/mol. The van der Waals surface area contributed by atoms with Crippen molar-refractivity contribution in [2.45, 2.75) is 63.8 Å². The molecule has 1 aliphatic rings. The van der Waals surface area contributed by atoms with Crippen LogP contribution in [0.4, 0.5) is 4.79 Å². The first kappa shape index (κ1) is 16.9. The van der Waals surface area contributed by atoms with Gasteiger partial charge in [0, 0.05) is 19.6 Å². The molecule has 3 nitrogen and oxygen atoms in total. The summed E-state index contributed by atoms with van der Waals surface area (Å²) >= 11 is 0. The lowest BCUT2D eigenvalue weighted by Crippen LogP contribution is -2.45. The molecular weight excluding hydrogens is 272 g/mol. The molecular formula is C19H30N2O. The third-order valence-electron chi connectivity index (χ3n) is 4.84. The highest BCUT2D eigenvalue weighted by atomic mass is 16.2. The summed E-state index contributed by atoms with van der Waals surface area (Å²) in [5.74, 6) is 0.593. The van der Waals surface area contributed by atoms with Crippen LogP contribution in [-0.4, -0.2) is 30.6 Å². The summed E-state index contributed by atoms with van der Waals surface area (Å²) in [6.45, 7) is 2.98. The fourth-order valence-corrected chi connectivity index (χ4v) is 3.40.